The highest BCUT2D eigenvalue weighted by Gasteiger charge is 2.17. The lowest BCUT2D eigenvalue weighted by Crippen LogP contribution is -2.24. The molecule has 0 fully saturated rings. The number of thiophene rings is 1. The Morgan fingerprint density at radius 3 is 2.57 bits per heavy atom. The molecule has 2 heterocycles. The van der Waals surface area contributed by atoms with Crippen molar-refractivity contribution in [2.75, 3.05) is 0 Å². The Bertz CT molecular complexity index is 1260. The van der Waals surface area contributed by atoms with E-state index in [0.29, 0.717) is 10.2 Å². The first-order valence-electron chi connectivity index (χ1n) is 8.48. The number of ketones is 1. The first-order valence-corrected chi connectivity index (χ1v) is 9.29. The number of carbonyl (C=O) groups is 1. The monoisotopic (exact) mass is 396 g/mol. The van der Waals surface area contributed by atoms with Crippen LogP contribution in [0.4, 0.5) is 8.78 Å². The second-order valence-corrected chi connectivity index (χ2v) is 7.33. The molecule has 4 nitrogen and oxygen atoms in total. The molecule has 7 heteroatoms. The Morgan fingerprint density at radius 2 is 1.86 bits per heavy atom. The molecule has 0 N–H and O–H groups in total. The number of aryl methyl sites for hydroxylation is 1. The minimum absolute atomic E-state index is 0.00193. The summed E-state index contributed by atoms with van der Waals surface area (Å²) in [7, 11) is 0. The number of hydrogen-bond acceptors (Lipinski definition) is 4. The van der Waals surface area contributed by atoms with Gasteiger partial charge in [-0.05, 0) is 36.2 Å². The summed E-state index contributed by atoms with van der Waals surface area (Å²) in [5, 5.41) is 0.462. The molecule has 0 saturated carbocycles. The number of rotatable bonds is 4. The maximum Gasteiger partial charge on any atom is 0.262 e. The molecule has 0 aliphatic heterocycles. The molecule has 4 aromatic rings. The van der Waals surface area contributed by atoms with Crippen molar-refractivity contribution in [1.82, 2.24) is 9.55 Å². The molecule has 0 atom stereocenters. The average molecular weight is 396 g/mol. The van der Waals surface area contributed by atoms with Crippen LogP contribution in [-0.4, -0.2) is 15.3 Å². The maximum absolute atomic E-state index is 13.4. The zero-order chi connectivity index (χ0) is 19.8. The molecule has 4 rings (SSSR count). The van der Waals surface area contributed by atoms with Crippen molar-refractivity contribution in [3.05, 3.63) is 88.0 Å². The van der Waals surface area contributed by atoms with Crippen molar-refractivity contribution in [1.29, 1.82) is 0 Å². The van der Waals surface area contributed by atoms with Crippen LogP contribution in [-0.2, 0) is 6.54 Å². The molecule has 0 unspecified atom stereocenters. The van der Waals surface area contributed by atoms with Crippen LogP contribution in [0.5, 0.6) is 0 Å². The number of aromatic nitrogens is 2. The molecule has 28 heavy (non-hydrogen) atoms. The molecular formula is C21H14F2N2O2S. The molecule has 0 aliphatic carbocycles. The lowest BCUT2D eigenvalue weighted by Gasteiger charge is -2.05. The van der Waals surface area contributed by atoms with Crippen molar-refractivity contribution in [2.45, 2.75) is 13.5 Å². The first kappa shape index (κ1) is 18.2. The highest BCUT2D eigenvalue weighted by atomic mass is 32.1. The van der Waals surface area contributed by atoms with Gasteiger partial charge in [0.25, 0.3) is 5.56 Å². The fourth-order valence-corrected chi connectivity index (χ4v) is 4.20. The van der Waals surface area contributed by atoms with Crippen molar-refractivity contribution in [3.8, 4) is 10.4 Å². The highest BCUT2D eigenvalue weighted by molar-refractivity contribution is 7.22. The summed E-state index contributed by atoms with van der Waals surface area (Å²) in [5.74, 6) is -2.63. The predicted octanol–water partition coefficient (Wildman–Crippen LogP) is 4.59. The van der Waals surface area contributed by atoms with Gasteiger partial charge in [0.05, 0.1) is 18.3 Å². The first-order chi connectivity index (χ1) is 13.5. The van der Waals surface area contributed by atoms with Crippen LogP contribution in [0.3, 0.4) is 0 Å². The SMILES string of the molecule is Cc1c(-c2ccccc2)sc2ncn(CC(=O)c3ccc(F)c(F)c3)c(=O)c12. The van der Waals surface area contributed by atoms with E-state index in [9.17, 15) is 18.4 Å². The molecule has 0 amide bonds. The minimum atomic E-state index is -1.10. The third-order valence-electron chi connectivity index (χ3n) is 4.51. The largest absolute Gasteiger partial charge is 0.292 e. The molecule has 2 aromatic carbocycles. The quantitative estimate of drug-likeness (QED) is 0.474. The van der Waals surface area contributed by atoms with Crippen molar-refractivity contribution >= 4 is 27.3 Å². The Hall–Kier alpha value is -3.19. The van der Waals surface area contributed by atoms with Gasteiger partial charge in [-0.3, -0.25) is 14.2 Å². The number of carbonyl (C=O) groups excluding carboxylic acids is 1. The number of hydrogen-bond donors (Lipinski definition) is 0. The molecule has 140 valence electrons. The van der Waals surface area contributed by atoms with E-state index in [1.165, 1.54) is 28.3 Å². The van der Waals surface area contributed by atoms with Crippen LogP contribution in [0.15, 0.2) is 59.7 Å². The molecule has 0 saturated heterocycles. The van der Waals surface area contributed by atoms with E-state index in [4.69, 9.17) is 0 Å². The van der Waals surface area contributed by atoms with Crippen LogP contribution in [0, 0.1) is 18.6 Å². The average Bonchev–Trinajstić information content (AvgIpc) is 3.04. The van der Waals surface area contributed by atoms with E-state index in [1.807, 2.05) is 37.3 Å². The van der Waals surface area contributed by atoms with Crippen molar-refractivity contribution < 1.29 is 13.6 Å². The number of Topliss-reactive ketones (excluding diaryl/α,β-unsaturated/α-hetero) is 1. The Labute approximate surface area is 162 Å². The van der Waals surface area contributed by atoms with E-state index in [0.717, 1.165) is 28.1 Å². The van der Waals surface area contributed by atoms with Gasteiger partial charge in [-0.25, -0.2) is 13.8 Å². The van der Waals surface area contributed by atoms with E-state index >= 15 is 0 Å². The minimum Gasteiger partial charge on any atom is -0.292 e. The third kappa shape index (κ3) is 3.14. The number of fused-ring (bicyclic) bond motifs is 1. The lowest BCUT2D eigenvalue weighted by molar-refractivity contribution is 0.0970. The molecule has 2 aromatic heterocycles. The molecule has 0 spiro atoms. The van der Waals surface area contributed by atoms with Gasteiger partial charge in [0.1, 0.15) is 4.83 Å². The van der Waals surface area contributed by atoms with E-state index in [1.54, 1.807) is 0 Å². The Morgan fingerprint density at radius 1 is 1.11 bits per heavy atom. The second-order valence-electron chi connectivity index (χ2n) is 6.33. The predicted molar refractivity (Wildman–Crippen MR) is 105 cm³/mol. The van der Waals surface area contributed by atoms with Gasteiger partial charge >= 0.3 is 0 Å². The number of halogens is 2. The summed E-state index contributed by atoms with van der Waals surface area (Å²) in [4.78, 5) is 31.2. The van der Waals surface area contributed by atoms with Gasteiger partial charge in [-0.2, -0.15) is 0 Å². The van der Waals surface area contributed by atoms with Gasteiger partial charge in [-0.1, -0.05) is 30.3 Å². The smallest absolute Gasteiger partial charge is 0.262 e. The maximum atomic E-state index is 13.4. The highest BCUT2D eigenvalue weighted by Crippen LogP contribution is 2.35. The van der Waals surface area contributed by atoms with Crippen LogP contribution < -0.4 is 5.56 Å². The van der Waals surface area contributed by atoms with Crippen LogP contribution in [0.1, 0.15) is 15.9 Å². The second kappa shape index (κ2) is 7.09. The zero-order valence-electron chi connectivity index (χ0n) is 14.8. The standard InChI is InChI=1S/C21H14F2N2O2S/c1-12-18-20(28-19(12)13-5-3-2-4-6-13)24-11-25(21(18)27)10-17(26)14-7-8-15(22)16(23)9-14/h2-9,11H,10H2,1H3. The normalized spacial score (nSPS) is 11.1. The van der Waals surface area contributed by atoms with Crippen molar-refractivity contribution in [2.24, 2.45) is 0 Å². The Balaban J connectivity index is 1.74. The summed E-state index contributed by atoms with van der Waals surface area (Å²) in [6.45, 7) is 1.55. The molecule has 0 aliphatic rings. The number of benzene rings is 2. The topological polar surface area (TPSA) is 52.0 Å². The molecule has 0 radical (unpaired) electrons. The van der Waals surface area contributed by atoms with E-state index in [2.05, 4.69) is 4.98 Å². The summed E-state index contributed by atoms with van der Waals surface area (Å²) < 4.78 is 27.6. The fourth-order valence-electron chi connectivity index (χ4n) is 3.05. The van der Waals surface area contributed by atoms with E-state index < -0.39 is 17.4 Å². The van der Waals surface area contributed by atoms with Crippen molar-refractivity contribution in [3.63, 3.8) is 0 Å². The fraction of sp³-hybridized carbons (Fsp3) is 0.0952. The Kier molecular flexibility index (Phi) is 4.60. The van der Waals surface area contributed by atoms with E-state index in [-0.39, 0.29) is 17.7 Å². The van der Waals surface area contributed by atoms with Crippen LogP contribution in [0.25, 0.3) is 20.7 Å². The van der Waals surface area contributed by atoms with Gasteiger partial charge in [0.2, 0.25) is 0 Å². The summed E-state index contributed by atoms with van der Waals surface area (Å²) in [5.41, 5.74) is 1.46. The van der Waals surface area contributed by atoms with Gasteiger partial charge in [0.15, 0.2) is 17.4 Å². The summed E-state index contributed by atoms with van der Waals surface area (Å²) >= 11 is 1.42. The van der Waals surface area contributed by atoms with Gasteiger partial charge in [0, 0.05) is 10.4 Å². The molecular weight excluding hydrogens is 382 g/mol. The zero-order valence-corrected chi connectivity index (χ0v) is 15.6. The number of nitrogens with zero attached hydrogens (tertiary/aromatic N) is 2. The van der Waals surface area contributed by atoms with Crippen LogP contribution >= 0.6 is 11.3 Å². The molecule has 0 bridgehead atoms. The van der Waals surface area contributed by atoms with Crippen LogP contribution in [0.2, 0.25) is 0 Å². The third-order valence-corrected chi connectivity index (χ3v) is 5.76. The lowest BCUT2D eigenvalue weighted by atomic mass is 10.1. The van der Waals surface area contributed by atoms with Gasteiger partial charge < -0.3 is 0 Å². The van der Waals surface area contributed by atoms with Gasteiger partial charge in [-0.15, -0.1) is 11.3 Å². The summed E-state index contributed by atoms with van der Waals surface area (Å²) in [6.07, 6.45) is 1.31. The summed E-state index contributed by atoms with van der Waals surface area (Å²) in [6, 6.07) is 12.6.